The molecule has 3 heterocycles. The van der Waals surface area contributed by atoms with Crippen molar-refractivity contribution in [3.8, 4) is 0 Å². The molecule has 1 aromatic heterocycles. The van der Waals surface area contributed by atoms with E-state index in [4.69, 9.17) is 0 Å². The first-order valence-corrected chi connectivity index (χ1v) is 10.6. The van der Waals surface area contributed by atoms with Gasteiger partial charge in [0.2, 0.25) is 5.91 Å². The summed E-state index contributed by atoms with van der Waals surface area (Å²) in [5, 5.41) is 8.96. The number of piperidine rings is 1. The van der Waals surface area contributed by atoms with Crippen LogP contribution in [0.1, 0.15) is 31.7 Å². The van der Waals surface area contributed by atoms with Crippen molar-refractivity contribution in [3.05, 3.63) is 54.1 Å². The number of carbonyl (C=O) groups is 1. The predicted molar refractivity (Wildman–Crippen MR) is 117 cm³/mol. The van der Waals surface area contributed by atoms with Crippen LogP contribution in [0.2, 0.25) is 0 Å². The standard InChI is InChI=1S/C23H29N5O/c1-19-7-5-6-14-28(19)22-12-11-21(24-25-22)26-15-17-27(18-16-26)23(29)13-10-20-8-3-2-4-9-20/h2-4,8-13,19H,5-7,14-18H2,1H3/b13-10+/t19-/m1/s1. The van der Waals surface area contributed by atoms with E-state index >= 15 is 0 Å². The van der Waals surface area contributed by atoms with Gasteiger partial charge in [-0.05, 0) is 50.0 Å². The molecule has 0 radical (unpaired) electrons. The molecule has 0 N–H and O–H groups in total. The summed E-state index contributed by atoms with van der Waals surface area (Å²) in [6, 6.07) is 14.6. The number of piperazine rings is 1. The van der Waals surface area contributed by atoms with Gasteiger partial charge in [0.05, 0.1) is 0 Å². The van der Waals surface area contributed by atoms with Crippen LogP contribution in [0.25, 0.3) is 6.08 Å². The molecular weight excluding hydrogens is 362 g/mol. The smallest absolute Gasteiger partial charge is 0.246 e. The number of hydrogen-bond donors (Lipinski definition) is 0. The van der Waals surface area contributed by atoms with Crippen molar-refractivity contribution < 1.29 is 4.79 Å². The molecule has 2 aromatic rings. The fourth-order valence-corrected chi connectivity index (χ4v) is 4.07. The molecule has 29 heavy (non-hydrogen) atoms. The topological polar surface area (TPSA) is 52.6 Å². The van der Waals surface area contributed by atoms with E-state index < -0.39 is 0 Å². The van der Waals surface area contributed by atoms with Gasteiger partial charge in [0.25, 0.3) is 0 Å². The van der Waals surface area contributed by atoms with Crippen LogP contribution < -0.4 is 9.80 Å². The van der Waals surface area contributed by atoms with Gasteiger partial charge < -0.3 is 14.7 Å². The third-order valence-corrected chi connectivity index (χ3v) is 5.87. The Labute approximate surface area is 172 Å². The summed E-state index contributed by atoms with van der Waals surface area (Å²) < 4.78 is 0. The Bertz CT molecular complexity index is 828. The van der Waals surface area contributed by atoms with Crippen LogP contribution in [0.5, 0.6) is 0 Å². The van der Waals surface area contributed by atoms with Gasteiger partial charge in [0.15, 0.2) is 11.6 Å². The molecule has 2 aliphatic rings. The average Bonchev–Trinajstić information content (AvgIpc) is 2.79. The van der Waals surface area contributed by atoms with Crippen LogP contribution in [0, 0.1) is 0 Å². The maximum Gasteiger partial charge on any atom is 0.246 e. The van der Waals surface area contributed by atoms with Gasteiger partial charge in [-0.2, -0.15) is 0 Å². The lowest BCUT2D eigenvalue weighted by Gasteiger charge is -2.36. The van der Waals surface area contributed by atoms with Gasteiger partial charge in [-0.1, -0.05) is 30.3 Å². The van der Waals surface area contributed by atoms with Crippen molar-refractivity contribution in [2.45, 2.75) is 32.2 Å². The van der Waals surface area contributed by atoms with E-state index in [-0.39, 0.29) is 5.91 Å². The Kier molecular flexibility index (Phi) is 6.08. The lowest BCUT2D eigenvalue weighted by atomic mass is 10.0. The van der Waals surface area contributed by atoms with E-state index in [0.717, 1.165) is 36.8 Å². The summed E-state index contributed by atoms with van der Waals surface area (Å²) in [6.45, 7) is 6.27. The van der Waals surface area contributed by atoms with Gasteiger partial charge in [0, 0.05) is 44.8 Å². The van der Waals surface area contributed by atoms with Gasteiger partial charge in [-0.3, -0.25) is 4.79 Å². The van der Waals surface area contributed by atoms with Crippen molar-refractivity contribution in [1.29, 1.82) is 0 Å². The second-order valence-electron chi connectivity index (χ2n) is 7.84. The van der Waals surface area contributed by atoms with Crippen molar-refractivity contribution >= 4 is 23.6 Å². The average molecular weight is 392 g/mol. The van der Waals surface area contributed by atoms with Crippen LogP contribution in [0.4, 0.5) is 11.6 Å². The minimum atomic E-state index is 0.0639. The number of benzene rings is 1. The molecule has 6 heteroatoms. The quantitative estimate of drug-likeness (QED) is 0.749. The Morgan fingerprint density at radius 3 is 2.34 bits per heavy atom. The van der Waals surface area contributed by atoms with Gasteiger partial charge >= 0.3 is 0 Å². The van der Waals surface area contributed by atoms with E-state index in [2.05, 4.69) is 39.1 Å². The fourth-order valence-electron chi connectivity index (χ4n) is 4.07. The number of aromatic nitrogens is 2. The monoisotopic (exact) mass is 391 g/mol. The molecule has 0 saturated carbocycles. The summed E-state index contributed by atoms with van der Waals surface area (Å²) in [5.74, 6) is 1.93. The van der Waals surface area contributed by atoms with Crippen molar-refractivity contribution in [3.63, 3.8) is 0 Å². The van der Waals surface area contributed by atoms with E-state index in [9.17, 15) is 4.79 Å². The number of rotatable bonds is 4. The van der Waals surface area contributed by atoms with E-state index in [1.807, 2.05) is 41.3 Å². The molecule has 0 unspecified atom stereocenters. The zero-order chi connectivity index (χ0) is 20.1. The second-order valence-corrected chi connectivity index (χ2v) is 7.84. The SMILES string of the molecule is C[C@@H]1CCCCN1c1ccc(N2CCN(C(=O)/C=C/c3ccccc3)CC2)nn1. The Morgan fingerprint density at radius 1 is 0.931 bits per heavy atom. The third-order valence-electron chi connectivity index (χ3n) is 5.87. The highest BCUT2D eigenvalue weighted by Crippen LogP contribution is 2.23. The number of carbonyl (C=O) groups excluding carboxylic acids is 1. The lowest BCUT2D eigenvalue weighted by Crippen LogP contribution is -2.48. The zero-order valence-corrected chi connectivity index (χ0v) is 17.1. The molecule has 1 atom stereocenters. The molecule has 2 saturated heterocycles. The number of anilines is 2. The first kappa shape index (κ1) is 19.4. The third kappa shape index (κ3) is 4.75. The minimum Gasteiger partial charge on any atom is -0.352 e. The van der Waals surface area contributed by atoms with Crippen molar-refractivity contribution in [1.82, 2.24) is 15.1 Å². The molecule has 2 fully saturated rings. The first-order valence-electron chi connectivity index (χ1n) is 10.6. The van der Waals surface area contributed by atoms with Crippen molar-refractivity contribution in [2.24, 2.45) is 0 Å². The largest absolute Gasteiger partial charge is 0.352 e. The normalized spacial score (nSPS) is 20.3. The van der Waals surface area contributed by atoms with Crippen LogP contribution in [0.15, 0.2) is 48.5 Å². The summed E-state index contributed by atoms with van der Waals surface area (Å²) in [4.78, 5) is 18.9. The summed E-state index contributed by atoms with van der Waals surface area (Å²) in [5.41, 5.74) is 1.04. The first-order chi connectivity index (χ1) is 14.2. The molecule has 4 rings (SSSR count). The Morgan fingerprint density at radius 2 is 1.66 bits per heavy atom. The molecule has 2 aliphatic heterocycles. The molecular formula is C23H29N5O. The second kappa shape index (κ2) is 9.07. The lowest BCUT2D eigenvalue weighted by molar-refractivity contribution is -0.126. The van der Waals surface area contributed by atoms with Gasteiger partial charge in [-0.25, -0.2) is 0 Å². The molecule has 1 amide bonds. The molecule has 152 valence electrons. The number of hydrogen-bond acceptors (Lipinski definition) is 5. The highest BCUT2D eigenvalue weighted by atomic mass is 16.2. The van der Waals surface area contributed by atoms with Crippen LogP contribution >= 0.6 is 0 Å². The van der Waals surface area contributed by atoms with E-state index in [1.165, 1.54) is 19.3 Å². The number of nitrogens with zero attached hydrogens (tertiary/aromatic N) is 5. The number of amides is 1. The summed E-state index contributed by atoms with van der Waals surface area (Å²) in [6.07, 6.45) is 7.28. The van der Waals surface area contributed by atoms with Crippen LogP contribution in [-0.4, -0.2) is 59.8 Å². The molecule has 0 spiro atoms. The molecule has 0 aliphatic carbocycles. The minimum absolute atomic E-state index is 0.0639. The summed E-state index contributed by atoms with van der Waals surface area (Å²) in [7, 11) is 0. The highest BCUT2D eigenvalue weighted by molar-refractivity contribution is 5.91. The van der Waals surface area contributed by atoms with Crippen molar-refractivity contribution in [2.75, 3.05) is 42.5 Å². The Balaban J connectivity index is 1.31. The van der Waals surface area contributed by atoms with Crippen LogP contribution in [0.3, 0.4) is 0 Å². The van der Waals surface area contributed by atoms with Gasteiger partial charge in [0.1, 0.15) is 0 Å². The fraction of sp³-hybridized carbons (Fsp3) is 0.435. The Hall–Kier alpha value is -2.89. The highest BCUT2D eigenvalue weighted by Gasteiger charge is 2.23. The molecule has 0 bridgehead atoms. The maximum absolute atomic E-state index is 12.5. The molecule has 6 nitrogen and oxygen atoms in total. The summed E-state index contributed by atoms with van der Waals surface area (Å²) >= 11 is 0. The molecule has 1 aromatic carbocycles. The maximum atomic E-state index is 12.5. The van der Waals surface area contributed by atoms with Crippen LogP contribution in [-0.2, 0) is 4.79 Å². The van der Waals surface area contributed by atoms with E-state index in [1.54, 1.807) is 6.08 Å². The zero-order valence-electron chi connectivity index (χ0n) is 17.1. The predicted octanol–water partition coefficient (Wildman–Crippen LogP) is 3.22. The van der Waals surface area contributed by atoms with Gasteiger partial charge in [-0.15, -0.1) is 10.2 Å². The van der Waals surface area contributed by atoms with E-state index in [0.29, 0.717) is 19.1 Å².